The number of anilines is 2. The molecule has 1 unspecified atom stereocenters. The van der Waals surface area contributed by atoms with Gasteiger partial charge in [0.15, 0.2) is 0 Å². The number of halogens is 1. The van der Waals surface area contributed by atoms with E-state index in [1.165, 1.54) is 37.2 Å². The van der Waals surface area contributed by atoms with Crippen molar-refractivity contribution in [2.24, 2.45) is 0 Å². The van der Waals surface area contributed by atoms with Crippen LogP contribution in [0.5, 0.6) is 0 Å². The minimum atomic E-state index is -3.82. The second-order valence-corrected chi connectivity index (χ2v) is 10.9. The maximum atomic E-state index is 13.3. The summed E-state index contributed by atoms with van der Waals surface area (Å²) in [5.74, 6) is -0.987. The first kappa shape index (κ1) is 23.2. The van der Waals surface area contributed by atoms with Crippen LogP contribution in [-0.4, -0.2) is 61.6 Å². The van der Waals surface area contributed by atoms with Crippen molar-refractivity contribution in [3.05, 3.63) is 53.1 Å². The lowest BCUT2D eigenvalue weighted by atomic mass is 9.98. The molecule has 1 fully saturated rings. The predicted octanol–water partition coefficient (Wildman–Crippen LogP) is 2.53. The Labute approximate surface area is 197 Å². The standard InChI is InChI=1S/C22H23ClN4O5S/c1-22-11-10-20(29)27(22)17-7-5-4-6-15(17)21(30)26(22)13-19(28)24-14-8-9-16(23)18(12-14)33(31,32)25(2)3/h4-9,12H,10-11,13H2,1-3H3,(H,24,28). The summed E-state index contributed by atoms with van der Waals surface area (Å²) in [5, 5.41) is 2.67. The van der Waals surface area contributed by atoms with Crippen molar-refractivity contribution in [2.45, 2.75) is 30.3 Å². The summed E-state index contributed by atoms with van der Waals surface area (Å²) in [6.45, 7) is 1.45. The molecule has 1 saturated heterocycles. The number of carbonyl (C=O) groups is 3. The van der Waals surface area contributed by atoms with Crippen LogP contribution in [0, 0.1) is 0 Å². The Bertz CT molecular complexity index is 1280. The SMILES string of the molecule is CN(C)S(=O)(=O)c1cc(NC(=O)CN2C(=O)c3ccccc3N3C(=O)CCC23C)ccc1Cl. The van der Waals surface area contributed by atoms with Crippen molar-refractivity contribution in [1.29, 1.82) is 0 Å². The molecule has 33 heavy (non-hydrogen) atoms. The summed E-state index contributed by atoms with van der Waals surface area (Å²) in [6.07, 6.45) is 0.657. The highest BCUT2D eigenvalue weighted by Gasteiger charge is 2.53. The molecule has 4 rings (SSSR count). The fraction of sp³-hybridized carbons (Fsp3) is 0.318. The lowest BCUT2D eigenvalue weighted by Gasteiger charge is -2.48. The number of carbonyl (C=O) groups excluding carboxylic acids is 3. The Morgan fingerprint density at radius 3 is 2.58 bits per heavy atom. The fourth-order valence-electron chi connectivity index (χ4n) is 4.26. The Morgan fingerprint density at radius 1 is 1.18 bits per heavy atom. The first-order valence-electron chi connectivity index (χ1n) is 10.2. The quantitative estimate of drug-likeness (QED) is 0.693. The largest absolute Gasteiger partial charge is 0.325 e. The number of para-hydroxylation sites is 1. The zero-order chi connectivity index (χ0) is 24.1. The van der Waals surface area contributed by atoms with E-state index in [9.17, 15) is 22.8 Å². The summed E-state index contributed by atoms with van der Waals surface area (Å²) in [4.78, 5) is 41.7. The first-order chi connectivity index (χ1) is 15.5. The molecule has 1 N–H and O–H groups in total. The minimum absolute atomic E-state index is 0.0251. The number of nitrogens with zero attached hydrogens (tertiary/aromatic N) is 3. The molecule has 0 radical (unpaired) electrons. The van der Waals surface area contributed by atoms with E-state index >= 15 is 0 Å². The molecule has 11 heteroatoms. The van der Waals surface area contributed by atoms with Gasteiger partial charge < -0.3 is 10.2 Å². The third-order valence-corrected chi connectivity index (χ3v) is 8.32. The summed E-state index contributed by atoms with van der Waals surface area (Å²) >= 11 is 6.07. The number of rotatable bonds is 5. The Hall–Kier alpha value is -2.95. The Kier molecular flexibility index (Phi) is 5.71. The molecule has 174 valence electrons. The highest BCUT2D eigenvalue weighted by Crippen LogP contribution is 2.43. The van der Waals surface area contributed by atoms with E-state index in [1.54, 1.807) is 36.1 Å². The third kappa shape index (κ3) is 3.77. The van der Waals surface area contributed by atoms with Gasteiger partial charge in [0.1, 0.15) is 17.1 Å². The van der Waals surface area contributed by atoms with Gasteiger partial charge in [-0.2, -0.15) is 0 Å². The lowest BCUT2D eigenvalue weighted by molar-refractivity contribution is -0.120. The van der Waals surface area contributed by atoms with E-state index in [1.807, 2.05) is 0 Å². The van der Waals surface area contributed by atoms with Gasteiger partial charge in [0, 0.05) is 26.2 Å². The zero-order valence-corrected chi connectivity index (χ0v) is 19.9. The smallest absolute Gasteiger partial charge is 0.258 e. The predicted molar refractivity (Wildman–Crippen MR) is 124 cm³/mol. The zero-order valence-electron chi connectivity index (χ0n) is 18.3. The van der Waals surface area contributed by atoms with Crippen LogP contribution in [0.15, 0.2) is 47.4 Å². The fourth-order valence-corrected chi connectivity index (χ4v) is 5.65. The highest BCUT2D eigenvalue weighted by molar-refractivity contribution is 7.89. The number of fused-ring (bicyclic) bond motifs is 3. The molecule has 0 saturated carbocycles. The van der Waals surface area contributed by atoms with Crippen LogP contribution < -0.4 is 10.2 Å². The number of hydrogen-bond acceptors (Lipinski definition) is 5. The van der Waals surface area contributed by atoms with Crippen LogP contribution in [0.1, 0.15) is 30.1 Å². The molecule has 2 aromatic carbocycles. The van der Waals surface area contributed by atoms with Crippen LogP contribution in [0.4, 0.5) is 11.4 Å². The van der Waals surface area contributed by atoms with Crippen molar-refractivity contribution >= 4 is 50.7 Å². The molecular formula is C22H23ClN4O5S. The summed E-state index contributed by atoms with van der Waals surface area (Å²) in [6, 6.07) is 11.0. The van der Waals surface area contributed by atoms with Gasteiger partial charge in [-0.25, -0.2) is 12.7 Å². The van der Waals surface area contributed by atoms with E-state index < -0.39 is 21.6 Å². The highest BCUT2D eigenvalue weighted by atomic mass is 35.5. The minimum Gasteiger partial charge on any atom is -0.325 e. The first-order valence-corrected chi connectivity index (χ1v) is 12.0. The van der Waals surface area contributed by atoms with E-state index in [0.717, 1.165) is 4.31 Å². The molecule has 9 nitrogen and oxygen atoms in total. The van der Waals surface area contributed by atoms with Crippen LogP contribution in [-0.2, 0) is 19.6 Å². The summed E-state index contributed by atoms with van der Waals surface area (Å²) in [7, 11) is -1.06. The molecule has 0 spiro atoms. The van der Waals surface area contributed by atoms with Crippen molar-refractivity contribution in [1.82, 2.24) is 9.21 Å². The van der Waals surface area contributed by atoms with Gasteiger partial charge in [-0.15, -0.1) is 0 Å². The molecule has 3 amide bonds. The lowest BCUT2D eigenvalue weighted by Crippen LogP contribution is -2.63. The topological polar surface area (TPSA) is 107 Å². The van der Waals surface area contributed by atoms with Gasteiger partial charge in [-0.1, -0.05) is 23.7 Å². The number of benzene rings is 2. The van der Waals surface area contributed by atoms with Gasteiger partial charge in [-0.3, -0.25) is 19.3 Å². The Balaban J connectivity index is 1.62. The normalized spacial score (nSPS) is 20.2. The molecule has 0 aliphatic carbocycles. The van der Waals surface area contributed by atoms with Gasteiger partial charge in [0.2, 0.25) is 21.8 Å². The number of sulfonamides is 1. The van der Waals surface area contributed by atoms with Crippen molar-refractivity contribution in [3.8, 4) is 0 Å². The maximum absolute atomic E-state index is 13.3. The van der Waals surface area contributed by atoms with E-state index in [-0.39, 0.29) is 40.4 Å². The second kappa shape index (κ2) is 8.12. The third-order valence-electron chi connectivity index (χ3n) is 6.02. The monoisotopic (exact) mass is 490 g/mol. The van der Waals surface area contributed by atoms with Crippen molar-refractivity contribution in [2.75, 3.05) is 30.9 Å². The molecule has 2 aliphatic rings. The second-order valence-electron chi connectivity index (χ2n) is 8.34. The molecule has 0 bridgehead atoms. The van der Waals surface area contributed by atoms with Crippen LogP contribution in [0.25, 0.3) is 0 Å². The van der Waals surface area contributed by atoms with E-state index in [0.29, 0.717) is 17.7 Å². The van der Waals surface area contributed by atoms with E-state index in [2.05, 4.69) is 5.32 Å². The summed E-state index contributed by atoms with van der Waals surface area (Å²) in [5.41, 5.74) is 0.141. The molecule has 1 atom stereocenters. The van der Waals surface area contributed by atoms with E-state index in [4.69, 9.17) is 11.6 Å². The average molecular weight is 491 g/mol. The molecule has 2 heterocycles. The Morgan fingerprint density at radius 2 is 1.88 bits per heavy atom. The maximum Gasteiger partial charge on any atom is 0.258 e. The molecule has 2 aliphatic heterocycles. The van der Waals surface area contributed by atoms with Crippen molar-refractivity contribution < 1.29 is 22.8 Å². The van der Waals surface area contributed by atoms with Gasteiger partial charge in [0.25, 0.3) is 5.91 Å². The van der Waals surface area contributed by atoms with Gasteiger partial charge in [0.05, 0.1) is 16.3 Å². The van der Waals surface area contributed by atoms with Gasteiger partial charge >= 0.3 is 0 Å². The van der Waals surface area contributed by atoms with Crippen molar-refractivity contribution in [3.63, 3.8) is 0 Å². The van der Waals surface area contributed by atoms with Crippen LogP contribution in [0.3, 0.4) is 0 Å². The van der Waals surface area contributed by atoms with Gasteiger partial charge in [-0.05, 0) is 43.7 Å². The number of nitrogens with one attached hydrogen (secondary N) is 1. The number of hydrogen-bond donors (Lipinski definition) is 1. The molecule has 2 aromatic rings. The number of amides is 3. The average Bonchev–Trinajstić information content (AvgIpc) is 3.07. The molecule has 0 aromatic heterocycles. The van der Waals surface area contributed by atoms with Crippen LogP contribution in [0.2, 0.25) is 5.02 Å². The van der Waals surface area contributed by atoms with Crippen LogP contribution >= 0.6 is 11.6 Å². The summed E-state index contributed by atoms with van der Waals surface area (Å²) < 4.78 is 26.0. The molecular weight excluding hydrogens is 468 g/mol.